The molecule has 2 saturated heterocycles. The molecule has 0 saturated carbocycles. The first kappa shape index (κ1) is 19.2. The van der Waals surface area contributed by atoms with Crippen LogP contribution in [0.15, 0.2) is 48.8 Å². The number of aromatic nitrogens is 2. The van der Waals surface area contributed by atoms with Gasteiger partial charge >= 0.3 is 6.03 Å². The largest absolute Gasteiger partial charge is 0.339 e. The molecule has 0 spiro atoms. The lowest BCUT2D eigenvalue weighted by atomic mass is 9.95. The molecule has 2 aliphatic heterocycles. The maximum absolute atomic E-state index is 12.9. The minimum atomic E-state index is -0.0985. The molecular weight excluding hydrogens is 368 g/mol. The molecular formula is C21H26N6O2. The van der Waals surface area contributed by atoms with E-state index in [0.29, 0.717) is 39.0 Å². The van der Waals surface area contributed by atoms with Crippen molar-refractivity contribution in [2.75, 3.05) is 49.5 Å². The van der Waals surface area contributed by atoms with E-state index in [-0.39, 0.29) is 17.9 Å². The molecule has 3 heterocycles. The van der Waals surface area contributed by atoms with Crippen LogP contribution in [0.3, 0.4) is 0 Å². The normalized spacial score (nSPS) is 17.9. The molecule has 8 nitrogen and oxygen atoms in total. The number of anilines is 2. The number of benzene rings is 1. The zero-order valence-electron chi connectivity index (χ0n) is 16.4. The Morgan fingerprint density at radius 1 is 0.828 bits per heavy atom. The number of hydrogen-bond donors (Lipinski definition) is 1. The molecule has 4 rings (SSSR count). The van der Waals surface area contributed by atoms with Crippen molar-refractivity contribution in [3.05, 3.63) is 48.8 Å². The molecule has 8 heteroatoms. The third-order valence-corrected chi connectivity index (χ3v) is 5.58. The number of carbonyl (C=O) groups is 2. The van der Waals surface area contributed by atoms with Gasteiger partial charge in [0.1, 0.15) is 0 Å². The highest BCUT2D eigenvalue weighted by molar-refractivity contribution is 5.89. The number of likely N-dealkylation sites (tertiary alicyclic amines) is 1. The standard InChI is InChI=1S/C21H26N6O2/c28-19(25-13-15-26(16-14-25)20-22-9-4-10-23-20)17-7-11-27(12-8-17)21(29)24-18-5-2-1-3-6-18/h1-6,9-10,17H,7-8,11-16H2,(H,24,29). The van der Waals surface area contributed by atoms with Crippen LogP contribution in [0, 0.1) is 5.92 Å². The highest BCUT2D eigenvalue weighted by Crippen LogP contribution is 2.22. The van der Waals surface area contributed by atoms with Crippen molar-refractivity contribution >= 4 is 23.6 Å². The van der Waals surface area contributed by atoms with E-state index in [1.54, 1.807) is 23.4 Å². The predicted molar refractivity (Wildman–Crippen MR) is 111 cm³/mol. The SMILES string of the molecule is O=C(Nc1ccccc1)N1CCC(C(=O)N2CCN(c3ncccn3)CC2)CC1. The van der Waals surface area contributed by atoms with E-state index in [2.05, 4.69) is 20.2 Å². The van der Waals surface area contributed by atoms with Gasteiger partial charge in [0, 0.05) is 63.3 Å². The summed E-state index contributed by atoms with van der Waals surface area (Å²) in [5.41, 5.74) is 0.788. The number of amides is 3. The van der Waals surface area contributed by atoms with Crippen LogP contribution in [-0.2, 0) is 4.79 Å². The lowest BCUT2D eigenvalue weighted by molar-refractivity contribution is -0.137. The van der Waals surface area contributed by atoms with Crippen LogP contribution < -0.4 is 10.2 Å². The lowest BCUT2D eigenvalue weighted by Gasteiger charge is -2.38. The van der Waals surface area contributed by atoms with Gasteiger partial charge in [-0.1, -0.05) is 18.2 Å². The fourth-order valence-electron chi connectivity index (χ4n) is 3.89. The van der Waals surface area contributed by atoms with E-state index in [4.69, 9.17) is 0 Å². The molecule has 152 valence electrons. The third-order valence-electron chi connectivity index (χ3n) is 5.58. The van der Waals surface area contributed by atoms with Crippen molar-refractivity contribution in [2.45, 2.75) is 12.8 Å². The summed E-state index contributed by atoms with van der Waals surface area (Å²) in [6, 6.07) is 11.1. The van der Waals surface area contributed by atoms with Crippen molar-refractivity contribution in [1.29, 1.82) is 0 Å². The first-order valence-electron chi connectivity index (χ1n) is 10.1. The molecule has 1 aromatic heterocycles. The molecule has 0 radical (unpaired) electrons. The maximum atomic E-state index is 12.9. The van der Waals surface area contributed by atoms with Gasteiger partial charge in [0.15, 0.2) is 0 Å². The van der Waals surface area contributed by atoms with Gasteiger partial charge < -0.3 is 20.0 Å². The number of nitrogens with zero attached hydrogens (tertiary/aromatic N) is 5. The summed E-state index contributed by atoms with van der Waals surface area (Å²) in [6.45, 7) is 4.07. The fraction of sp³-hybridized carbons (Fsp3) is 0.429. The summed E-state index contributed by atoms with van der Waals surface area (Å²) in [6.07, 6.45) is 4.90. The maximum Gasteiger partial charge on any atom is 0.321 e. The summed E-state index contributed by atoms with van der Waals surface area (Å²) in [4.78, 5) is 39.8. The molecule has 2 fully saturated rings. The average molecular weight is 394 g/mol. The number of hydrogen-bond acceptors (Lipinski definition) is 5. The van der Waals surface area contributed by atoms with Crippen LogP contribution >= 0.6 is 0 Å². The minimum Gasteiger partial charge on any atom is -0.339 e. The Labute approximate surface area is 170 Å². The summed E-state index contributed by atoms with van der Waals surface area (Å²) < 4.78 is 0. The number of rotatable bonds is 3. The first-order valence-corrected chi connectivity index (χ1v) is 10.1. The smallest absolute Gasteiger partial charge is 0.321 e. The van der Waals surface area contributed by atoms with Crippen molar-refractivity contribution < 1.29 is 9.59 Å². The van der Waals surface area contributed by atoms with Gasteiger partial charge in [0.05, 0.1) is 0 Å². The Morgan fingerprint density at radius 2 is 1.48 bits per heavy atom. The molecule has 2 aliphatic rings. The summed E-state index contributed by atoms with van der Waals surface area (Å²) >= 11 is 0. The Kier molecular flexibility index (Phi) is 5.88. The number of piperidine rings is 1. The van der Waals surface area contributed by atoms with Crippen LogP contribution in [-0.4, -0.2) is 71.0 Å². The minimum absolute atomic E-state index is 0.00435. The summed E-state index contributed by atoms with van der Waals surface area (Å²) in [7, 11) is 0. The zero-order chi connectivity index (χ0) is 20.1. The fourth-order valence-corrected chi connectivity index (χ4v) is 3.89. The number of piperazine rings is 1. The van der Waals surface area contributed by atoms with Crippen molar-refractivity contribution in [3.8, 4) is 0 Å². The van der Waals surface area contributed by atoms with Gasteiger partial charge in [-0.05, 0) is 31.0 Å². The van der Waals surface area contributed by atoms with Crippen LogP contribution in [0.25, 0.3) is 0 Å². The van der Waals surface area contributed by atoms with Gasteiger partial charge in [-0.2, -0.15) is 0 Å². The van der Waals surface area contributed by atoms with Gasteiger partial charge in [0.25, 0.3) is 0 Å². The Balaban J connectivity index is 1.24. The molecule has 3 amide bonds. The number of nitrogens with one attached hydrogen (secondary N) is 1. The topological polar surface area (TPSA) is 81.7 Å². The second-order valence-electron chi connectivity index (χ2n) is 7.42. The van der Waals surface area contributed by atoms with Crippen LogP contribution in [0.2, 0.25) is 0 Å². The Bertz CT molecular complexity index is 816. The number of para-hydroxylation sites is 1. The van der Waals surface area contributed by atoms with Crippen molar-refractivity contribution in [2.24, 2.45) is 5.92 Å². The van der Waals surface area contributed by atoms with Gasteiger partial charge in [-0.25, -0.2) is 14.8 Å². The molecule has 29 heavy (non-hydrogen) atoms. The van der Waals surface area contributed by atoms with E-state index < -0.39 is 0 Å². The molecule has 1 aromatic carbocycles. The van der Waals surface area contributed by atoms with E-state index in [1.807, 2.05) is 35.2 Å². The van der Waals surface area contributed by atoms with Gasteiger partial charge in [-0.3, -0.25) is 4.79 Å². The molecule has 0 aliphatic carbocycles. The monoisotopic (exact) mass is 394 g/mol. The van der Waals surface area contributed by atoms with Crippen molar-refractivity contribution in [1.82, 2.24) is 19.8 Å². The predicted octanol–water partition coefficient (Wildman–Crippen LogP) is 2.07. The molecule has 0 unspecified atom stereocenters. The van der Waals surface area contributed by atoms with E-state index >= 15 is 0 Å². The first-order chi connectivity index (χ1) is 14.2. The summed E-state index contributed by atoms with van der Waals surface area (Å²) in [5, 5.41) is 2.91. The molecule has 1 N–H and O–H groups in total. The van der Waals surface area contributed by atoms with Gasteiger partial charge in [0.2, 0.25) is 11.9 Å². The lowest BCUT2D eigenvalue weighted by Crippen LogP contribution is -2.52. The quantitative estimate of drug-likeness (QED) is 0.862. The molecule has 0 bridgehead atoms. The molecule has 2 aromatic rings. The van der Waals surface area contributed by atoms with Crippen LogP contribution in [0.5, 0.6) is 0 Å². The molecule has 0 atom stereocenters. The summed E-state index contributed by atoms with van der Waals surface area (Å²) in [5.74, 6) is 0.925. The van der Waals surface area contributed by atoms with E-state index in [1.165, 1.54) is 0 Å². The Morgan fingerprint density at radius 3 is 2.14 bits per heavy atom. The number of carbonyl (C=O) groups excluding carboxylic acids is 2. The average Bonchev–Trinajstić information content (AvgIpc) is 2.80. The number of urea groups is 1. The Hall–Kier alpha value is -3.16. The highest BCUT2D eigenvalue weighted by Gasteiger charge is 2.32. The van der Waals surface area contributed by atoms with Gasteiger partial charge in [-0.15, -0.1) is 0 Å². The van der Waals surface area contributed by atoms with E-state index in [0.717, 1.165) is 24.7 Å². The zero-order valence-corrected chi connectivity index (χ0v) is 16.4. The third kappa shape index (κ3) is 4.64. The highest BCUT2D eigenvalue weighted by atomic mass is 16.2. The second-order valence-corrected chi connectivity index (χ2v) is 7.42. The van der Waals surface area contributed by atoms with Crippen molar-refractivity contribution in [3.63, 3.8) is 0 Å². The van der Waals surface area contributed by atoms with Crippen LogP contribution in [0.4, 0.5) is 16.4 Å². The van der Waals surface area contributed by atoms with E-state index in [9.17, 15) is 9.59 Å². The van der Waals surface area contributed by atoms with Crippen LogP contribution in [0.1, 0.15) is 12.8 Å². The second kappa shape index (κ2) is 8.89.